The second-order valence-electron chi connectivity index (χ2n) is 6.10. The molecule has 1 N–H and O–H groups in total. The Hall–Kier alpha value is -3.37. The number of halogens is 3. The summed E-state index contributed by atoms with van der Waals surface area (Å²) in [4.78, 5) is 40.9. The molecule has 3 rings (SSSR count). The van der Waals surface area contributed by atoms with Crippen LogP contribution in [0.25, 0.3) is 0 Å². The van der Waals surface area contributed by atoms with E-state index in [-0.39, 0.29) is 24.9 Å². The van der Waals surface area contributed by atoms with Gasteiger partial charge in [0, 0.05) is 31.2 Å². The van der Waals surface area contributed by atoms with Crippen molar-refractivity contribution in [2.75, 3.05) is 24.5 Å². The molecular weight excluding hydrogens is 393 g/mol. The van der Waals surface area contributed by atoms with E-state index in [0.717, 1.165) is 11.5 Å². The molecule has 8 nitrogen and oxygen atoms in total. The highest BCUT2D eigenvalue weighted by Crippen LogP contribution is 2.17. The summed E-state index contributed by atoms with van der Waals surface area (Å²) in [5.41, 5.74) is 0.880. The van der Waals surface area contributed by atoms with Gasteiger partial charge in [0.2, 0.25) is 11.8 Å². The Morgan fingerprint density at radius 2 is 1.79 bits per heavy atom. The zero-order chi connectivity index (χ0) is 21.6. The number of rotatable bonds is 3. The van der Waals surface area contributed by atoms with E-state index in [1.807, 2.05) is 37.3 Å². The number of aryl methyl sites for hydroxylation is 1. The maximum atomic E-state index is 12.3. The van der Waals surface area contributed by atoms with E-state index in [4.69, 9.17) is 9.90 Å². The lowest BCUT2D eigenvalue weighted by molar-refractivity contribution is -0.192. The third-order valence-corrected chi connectivity index (χ3v) is 4.11. The standard InChI is InChI=1S/C16H18N4O2.C2HF3O2/c1-13-17-7-8-18(13)11-15(21)19-9-10-20(16(22)12-19)14-5-3-2-4-6-14;3-2(4,5)1(6)7/h2-8H,9-12H2,1H3;(H,6,7). The quantitative estimate of drug-likeness (QED) is 0.828. The third kappa shape index (κ3) is 6.06. The van der Waals surface area contributed by atoms with E-state index >= 15 is 0 Å². The number of benzene rings is 1. The highest BCUT2D eigenvalue weighted by molar-refractivity contribution is 5.97. The highest BCUT2D eigenvalue weighted by Gasteiger charge is 2.38. The molecule has 0 radical (unpaired) electrons. The van der Waals surface area contributed by atoms with Gasteiger partial charge in [-0.25, -0.2) is 9.78 Å². The highest BCUT2D eigenvalue weighted by atomic mass is 19.4. The van der Waals surface area contributed by atoms with Gasteiger partial charge in [0.25, 0.3) is 0 Å². The normalized spacial score (nSPS) is 14.3. The number of carboxylic acid groups (broad SMARTS) is 1. The molecule has 0 saturated carbocycles. The number of hydrogen-bond donors (Lipinski definition) is 1. The molecule has 1 saturated heterocycles. The van der Waals surface area contributed by atoms with E-state index in [2.05, 4.69) is 4.98 Å². The molecule has 156 valence electrons. The van der Waals surface area contributed by atoms with Gasteiger partial charge in [0.15, 0.2) is 0 Å². The minimum absolute atomic E-state index is 0.0480. The van der Waals surface area contributed by atoms with E-state index in [1.54, 1.807) is 26.8 Å². The predicted octanol–water partition coefficient (Wildman–Crippen LogP) is 1.70. The van der Waals surface area contributed by atoms with Gasteiger partial charge in [0.05, 0.1) is 0 Å². The monoisotopic (exact) mass is 412 g/mol. The molecule has 11 heteroatoms. The number of imidazole rings is 1. The predicted molar refractivity (Wildman–Crippen MR) is 96.0 cm³/mol. The molecule has 2 amide bonds. The number of anilines is 1. The van der Waals surface area contributed by atoms with Crippen LogP contribution in [0.2, 0.25) is 0 Å². The fourth-order valence-electron chi connectivity index (χ4n) is 2.58. The Balaban J connectivity index is 0.000000370. The van der Waals surface area contributed by atoms with Crippen LogP contribution in [0.4, 0.5) is 18.9 Å². The van der Waals surface area contributed by atoms with E-state index in [0.29, 0.717) is 13.1 Å². The second kappa shape index (κ2) is 9.22. The van der Waals surface area contributed by atoms with Gasteiger partial charge < -0.3 is 19.5 Å². The maximum absolute atomic E-state index is 12.3. The maximum Gasteiger partial charge on any atom is 0.490 e. The van der Waals surface area contributed by atoms with Crippen LogP contribution in [0.3, 0.4) is 0 Å². The Morgan fingerprint density at radius 3 is 2.28 bits per heavy atom. The van der Waals surface area contributed by atoms with Crippen LogP contribution in [0, 0.1) is 6.92 Å². The van der Waals surface area contributed by atoms with Crippen LogP contribution in [0.15, 0.2) is 42.7 Å². The van der Waals surface area contributed by atoms with Crippen molar-refractivity contribution in [3.63, 3.8) is 0 Å². The molecule has 1 aliphatic rings. The largest absolute Gasteiger partial charge is 0.490 e. The number of carbonyl (C=O) groups is 3. The number of amides is 2. The minimum Gasteiger partial charge on any atom is -0.475 e. The first kappa shape index (κ1) is 21.9. The SMILES string of the molecule is Cc1nccn1CC(=O)N1CCN(c2ccccc2)C(=O)C1.O=C(O)C(F)(F)F. The summed E-state index contributed by atoms with van der Waals surface area (Å²) in [6.45, 7) is 3.28. The molecule has 2 heterocycles. The van der Waals surface area contributed by atoms with Crippen molar-refractivity contribution in [3.05, 3.63) is 48.5 Å². The van der Waals surface area contributed by atoms with Crippen LogP contribution < -0.4 is 4.90 Å². The summed E-state index contributed by atoms with van der Waals surface area (Å²) < 4.78 is 33.5. The van der Waals surface area contributed by atoms with Crippen molar-refractivity contribution in [1.29, 1.82) is 0 Å². The fraction of sp³-hybridized carbons (Fsp3) is 0.333. The van der Waals surface area contributed by atoms with E-state index < -0.39 is 12.1 Å². The molecule has 1 fully saturated rings. The van der Waals surface area contributed by atoms with Gasteiger partial charge in [-0.1, -0.05) is 18.2 Å². The Kier molecular flexibility index (Phi) is 6.97. The van der Waals surface area contributed by atoms with E-state index in [1.165, 1.54) is 0 Å². The van der Waals surface area contributed by atoms with Gasteiger partial charge in [-0.15, -0.1) is 0 Å². The summed E-state index contributed by atoms with van der Waals surface area (Å²) >= 11 is 0. The lowest BCUT2D eigenvalue weighted by atomic mass is 10.2. The summed E-state index contributed by atoms with van der Waals surface area (Å²) in [7, 11) is 0. The van der Waals surface area contributed by atoms with Crippen LogP contribution in [-0.2, 0) is 20.9 Å². The molecule has 0 bridgehead atoms. The zero-order valence-electron chi connectivity index (χ0n) is 15.5. The Morgan fingerprint density at radius 1 is 1.17 bits per heavy atom. The number of para-hydroxylation sites is 1. The van der Waals surface area contributed by atoms with E-state index in [9.17, 15) is 22.8 Å². The number of carbonyl (C=O) groups excluding carboxylic acids is 2. The number of carboxylic acids is 1. The van der Waals surface area contributed by atoms with Gasteiger partial charge in [-0.3, -0.25) is 9.59 Å². The molecule has 1 aromatic carbocycles. The first-order chi connectivity index (χ1) is 13.6. The molecule has 29 heavy (non-hydrogen) atoms. The average Bonchev–Trinajstić information content (AvgIpc) is 3.06. The first-order valence-corrected chi connectivity index (χ1v) is 8.50. The van der Waals surface area contributed by atoms with Crippen molar-refractivity contribution in [2.45, 2.75) is 19.6 Å². The van der Waals surface area contributed by atoms with Gasteiger partial charge in [-0.2, -0.15) is 13.2 Å². The lowest BCUT2D eigenvalue weighted by Gasteiger charge is -2.34. The number of nitrogens with zero attached hydrogens (tertiary/aromatic N) is 4. The second-order valence-corrected chi connectivity index (χ2v) is 6.10. The Labute approximate surface area is 164 Å². The number of piperazine rings is 1. The van der Waals surface area contributed by atoms with Crippen LogP contribution >= 0.6 is 0 Å². The fourth-order valence-corrected chi connectivity index (χ4v) is 2.58. The third-order valence-electron chi connectivity index (χ3n) is 4.11. The van der Waals surface area contributed by atoms with Crippen LogP contribution in [0.5, 0.6) is 0 Å². The average molecular weight is 412 g/mol. The molecule has 2 aromatic rings. The van der Waals surface area contributed by atoms with Crippen molar-refractivity contribution >= 4 is 23.5 Å². The molecule has 0 unspecified atom stereocenters. The number of aliphatic carboxylic acids is 1. The first-order valence-electron chi connectivity index (χ1n) is 8.50. The summed E-state index contributed by atoms with van der Waals surface area (Å²) in [5, 5.41) is 7.12. The number of hydrogen-bond acceptors (Lipinski definition) is 4. The smallest absolute Gasteiger partial charge is 0.475 e. The molecule has 0 spiro atoms. The topological polar surface area (TPSA) is 95.7 Å². The number of alkyl halides is 3. The minimum atomic E-state index is -5.08. The summed E-state index contributed by atoms with van der Waals surface area (Å²) in [5.74, 6) is -2.06. The number of aromatic nitrogens is 2. The molecule has 1 aliphatic heterocycles. The van der Waals surface area contributed by atoms with Gasteiger partial charge in [-0.05, 0) is 19.1 Å². The molecule has 1 aromatic heterocycles. The lowest BCUT2D eigenvalue weighted by Crippen LogP contribution is -2.53. The van der Waals surface area contributed by atoms with Crippen molar-refractivity contribution in [1.82, 2.24) is 14.5 Å². The summed E-state index contributed by atoms with van der Waals surface area (Å²) in [6, 6.07) is 9.54. The van der Waals surface area contributed by atoms with Crippen molar-refractivity contribution < 1.29 is 32.7 Å². The van der Waals surface area contributed by atoms with Gasteiger partial charge in [0.1, 0.15) is 18.9 Å². The van der Waals surface area contributed by atoms with Crippen molar-refractivity contribution in [2.24, 2.45) is 0 Å². The van der Waals surface area contributed by atoms with Crippen LogP contribution in [0.1, 0.15) is 5.82 Å². The summed E-state index contributed by atoms with van der Waals surface area (Å²) in [6.07, 6.45) is -1.64. The van der Waals surface area contributed by atoms with Gasteiger partial charge >= 0.3 is 12.1 Å². The van der Waals surface area contributed by atoms with Crippen LogP contribution in [-0.4, -0.2) is 63.2 Å². The zero-order valence-corrected chi connectivity index (χ0v) is 15.5. The van der Waals surface area contributed by atoms with Crippen molar-refractivity contribution in [3.8, 4) is 0 Å². The molecule has 0 aliphatic carbocycles. The molecule has 0 atom stereocenters. The Bertz CT molecular complexity index is 867. The molecular formula is C18H19F3N4O4.